The maximum Gasteiger partial charge on any atom is 0.0576 e. The van der Waals surface area contributed by atoms with Gasteiger partial charge in [-0.15, -0.1) is 0 Å². The predicted octanol–water partition coefficient (Wildman–Crippen LogP) is 3.96. The molecule has 0 aliphatic rings. The Balaban J connectivity index is 2.23. The molecule has 2 rings (SSSR count). The molecule has 0 aliphatic carbocycles. The smallest absolute Gasteiger partial charge is 0.0576 e. The van der Waals surface area contributed by atoms with Crippen LogP contribution in [0.3, 0.4) is 0 Å². The van der Waals surface area contributed by atoms with E-state index >= 15 is 0 Å². The Hall–Kier alpha value is -1.13. The minimum Gasteiger partial charge on any atom is -0.398 e. The van der Waals surface area contributed by atoms with Crippen LogP contribution in [0.5, 0.6) is 0 Å². The van der Waals surface area contributed by atoms with Gasteiger partial charge in [-0.1, -0.05) is 23.8 Å². The van der Waals surface area contributed by atoms with Crippen molar-refractivity contribution in [2.75, 3.05) is 5.73 Å². The number of aryl methyl sites for hydroxylation is 2. The minimum absolute atomic E-state index is 0.487. The molecule has 0 bridgehead atoms. The van der Waals surface area contributed by atoms with Gasteiger partial charge < -0.3 is 5.73 Å². The maximum atomic E-state index is 12.4. The predicted molar refractivity (Wildman–Crippen MR) is 84.6 cm³/mol. The third-order valence-electron chi connectivity index (χ3n) is 2.93. The van der Waals surface area contributed by atoms with Crippen LogP contribution in [0.15, 0.2) is 45.8 Å². The average Bonchev–Trinajstić information content (AvgIpc) is 2.33. The molecule has 0 heterocycles. The first-order valence-corrected chi connectivity index (χ1v) is 8.08. The highest BCUT2D eigenvalue weighted by atomic mass is 79.9. The van der Waals surface area contributed by atoms with E-state index in [1.165, 1.54) is 5.56 Å². The number of anilines is 1. The van der Waals surface area contributed by atoms with E-state index in [2.05, 4.69) is 22.0 Å². The average molecular weight is 338 g/mol. The summed E-state index contributed by atoms with van der Waals surface area (Å²) in [5.74, 6) is 0.487. The quantitative estimate of drug-likeness (QED) is 0.861. The van der Waals surface area contributed by atoms with Crippen molar-refractivity contribution in [2.45, 2.75) is 24.5 Å². The van der Waals surface area contributed by atoms with E-state index < -0.39 is 10.8 Å². The van der Waals surface area contributed by atoms with E-state index in [4.69, 9.17) is 5.73 Å². The van der Waals surface area contributed by atoms with Gasteiger partial charge in [0.1, 0.15) is 0 Å². The third kappa shape index (κ3) is 3.45. The number of benzene rings is 2. The standard InChI is InChI=1S/C15H16BrNOS/c1-10-3-6-15(11(2)7-10)19(18)9-12-4-5-13(16)14(17)8-12/h3-8H,9,17H2,1-2H3. The number of nitrogens with two attached hydrogens (primary N) is 1. The molecular weight excluding hydrogens is 322 g/mol. The molecule has 0 saturated carbocycles. The molecule has 0 aromatic heterocycles. The van der Waals surface area contributed by atoms with E-state index in [9.17, 15) is 4.21 Å². The first kappa shape index (κ1) is 14.3. The molecule has 0 saturated heterocycles. The molecule has 0 radical (unpaired) electrons. The summed E-state index contributed by atoms with van der Waals surface area (Å²) in [5, 5.41) is 0. The first-order valence-electron chi connectivity index (χ1n) is 5.97. The highest BCUT2D eigenvalue weighted by molar-refractivity contribution is 9.10. The second-order valence-corrected chi connectivity index (χ2v) is 6.89. The number of halogens is 1. The summed E-state index contributed by atoms with van der Waals surface area (Å²) in [4.78, 5) is 0.895. The van der Waals surface area contributed by atoms with Gasteiger partial charge in [-0.05, 0) is 59.1 Å². The summed E-state index contributed by atoms with van der Waals surface area (Å²) in [6.07, 6.45) is 0. The van der Waals surface area contributed by atoms with Crippen LogP contribution in [-0.4, -0.2) is 4.21 Å². The van der Waals surface area contributed by atoms with E-state index in [1.807, 2.05) is 44.2 Å². The highest BCUT2D eigenvalue weighted by Gasteiger charge is 2.09. The Morgan fingerprint density at radius 3 is 2.53 bits per heavy atom. The Labute approximate surface area is 124 Å². The van der Waals surface area contributed by atoms with Crippen molar-refractivity contribution >= 4 is 32.4 Å². The van der Waals surface area contributed by atoms with Gasteiger partial charge in [-0.3, -0.25) is 4.21 Å². The monoisotopic (exact) mass is 337 g/mol. The van der Waals surface area contributed by atoms with Gasteiger partial charge in [0, 0.05) is 15.1 Å². The summed E-state index contributed by atoms with van der Waals surface area (Å²) in [5.41, 5.74) is 9.76. The first-order chi connectivity index (χ1) is 8.97. The molecule has 2 aromatic carbocycles. The molecule has 0 amide bonds. The molecule has 2 N–H and O–H groups in total. The van der Waals surface area contributed by atoms with E-state index in [0.717, 1.165) is 20.5 Å². The lowest BCUT2D eigenvalue weighted by atomic mass is 10.2. The van der Waals surface area contributed by atoms with Crippen LogP contribution >= 0.6 is 15.9 Å². The van der Waals surface area contributed by atoms with Crippen molar-refractivity contribution in [3.05, 3.63) is 57.6 Å². The second kappa shape index (κ2) is 5.88. The van der Waals surface area contributed by atoms with Crippen molar-refractivity contribution in [1.82, 2.24) is 0 Å². The molecule has 19 heavy (non-hydrogen) atoms. The summed E-state index contributed by atoms with van der Waals surface area (Å²) in [6, 6.07) is 11.7. The fourth-order valence-corrected chi connectivity index (χ4v) is 3.49. The summed E-state index contributed by atoms with van der Waals surface area (Å²) in [6.45, 7) is 4.03. The van der Waals surface area contributed by atoms with Crippen LogP contribution in [0, 0.1) is 13.8 Å². The normalized spacial score (nSPS) is 12.4. The molecular formula is C15H16BrNOS. The maximum absolute atomic E-state index is 12.4. The number of hydrogen-bond donors (Lipinski definition) is 1. The van der Waals surface area contributed by atoms with Gasteiger partial charge in [-0.2, -0.15) is 0 Å². The third-order valence-corrected chi connectivity index (χ3v) is 5.20. The highest BCUT2D eigenvalue weighted by Crippen LogP contribution is 2.23. The lowest BCUT2D eigenvalue weighted by molar-refractivity contribution is 0.682. The van der Waals surface area contributed by atoms with Gasteiger partial charge in [0.25, 0.3) is 0 Å². The Bertz CT molecular complexity index is 640. The SMILES string of the molecule is Cc1ccc(S(=O)Cc2ccc(Br)c(N)c2)c(C)c1. The van der Waals surface area contributed by atoms with Crippen LogP contribution in [0.4, 0.5) is 5.69 Å². The Kier molecular flexibility index (Phi) is 4.42. The van der Waals surface area contributed by atoms with E-state index in [1.54, 1.807) is 0 Å². The Morgan fingerprint density at radius 1 is 1.16 bits per heavy atom. The zero-order valence-electron chi connectivity index (χ0n) is 10.9. The van der Waals surface area contributed by atoms with Gasteiger partial charge >= 0.3 is 0 Å². The van der Waals surface area contributed by atoms with Gasteiger partial charge in [0.05, 0.1) is 16.6 Å². The molecule has 100 valence electrons. The van der Waals surface area contributed by atoms with Crippen molar-refractivity contribution < 1.29 is 4.21 Å². The zero-order valence-corrected chi connectivity index (χ0v) is 13.3. The largest absolute Gasteiger partial charge is 0.398 e. The van der Waals surface area contributed by atoms with Gasteiger partial charge in [0.15, 0.2) is 0 Å². The molecule has 1 unspecified atom stereocenters. The molecule has 2 aromatic rings. The minimum atomic E-state index is -1.04. The zero-order chi connectivity index (χ0) is 14.0. The number of rotatable bonds is 3. The molecule has 2 nitrogen and oxygen atoms in total. The Morgan fingerprint density at radius 2 is 1.89 bits per heavy atom. The fourth-order valence-electron chi connectivity index (χ4n) is 1.97. The fraction of sp³-hybridized carbons (Fsp3) is 0.200. The second-order valence-electron chi connectivity index (χ2n) is 4.61. The topological polar surface area (TPSA) is 43.1 Å². The summed E-state index contributed by atoms with van der Waals surface area (Å²) in [7, 11) is -1.04. The number of hydrogen-bond acceptors (Lipinski definition) is 2. The van der Waals surface area contributed by atoms with E-state index in [0.29, 0.717) is 11.4 Å². The molecule has 1 atom stereocenters. The van der Waals surface area contributed by atoms with Crippen molar-refractivity contribution in [3.8, 4) is 0 Å². The van der Waals surface area contributed by atoms with Crippen LogP contribution in [0.1, 0.15) is 16.7 Å². The van der Waals surface area contributed by atoms with Gasteiger partial charge in [0.2, 0.25) is 0 Å². The molecule has 0 aliphatic heterocycles. The lowest BCUT2D eigenvalue weighted by Crippen LogP contribution is -2.00. The molecule has 4 heteroatoms. The van der Waals surface area contributed by atoms with Crippen molar-refractivity contribution in [1.29, 1.82) is 0 Å². The molecule has 0 fully saturated rings. The van der Waals surface area contributed by atoms with Crippen molar-refractivity contribution in [2.24, 2.45) is 0 Å². The van der Waals surface area contributed by atoms with Crippen molar-refractivity contribution in [3.63, 3.8) is 0 Å². The summed E-state index contributed by atoms with van der Waals surface area (Å²) >= 11 is 3.36. The van der Waals surface area contributed by atoms with Crippen LogP contribution < -0.4 is 5.73 Å². The van der Waals surface area contributed by atoms with Crippen LogP contribution in [0.2, 0.25) is 0 Å². The van der Waals surface area contributed by atoms with Gasteiger partial charge in [-0.25, -0.2) is 0 Å². The molecule has 0 spiro atoms. The van der Waals surface area contributed by atoms with Crippen LogP contribution in [0.25, 0.3) is 0 Å². The lowest BCUT2D eigenvalue weighted by Gasteiger charge is -2.08. The summed E-state index contributed by atoms with van der Waals surface area (Å²) < 4.78 is 13.3. The number of nitrogen functional groups attached to an aromatic ring is 1. The van der Waals surface area contributed by atoms with Crippen LogP contribution in [-0.2, 0) is 16.6 Å². The van der Waals surface area contributed by atoms with E-state index in [-0.39, 0.29) is 0 Å².